The standard InChI is InChI=1S/C12H13BrN2O2/c13-10-9(4-7-17-10)11(16)15-12(8-14)5-2-1-3-6-12/h4,7H,1-3,5-6H2,(H,15,16). The van der Waals surface area contributed by atoms with Crippen molar-refractivity contribution in [3.63, 3.8) is 0 Å². The molecule has 1 N–H and O–H groups in total. The Morgan fingerprint density at radius 2 is 2.18 bits per heavy atom. The fourth-order valence-corrected chi connectivity index (χ4v) is 2.58. The molecule has 17 heavy (non-hydrogen) atoms. The summed E-state index contributed by atoms with van der Waals surface area (Å²) in [5, 5.41) is 12.1. The second-order valence-corrected chi connectivity index (χ2v) is 5.04. The van der Waals surface area contributed by atoms with Crippen LogP contribution in [0.4, 0.5) is 0 Å². The van der Waals surface area contributed by atoms with E-state index >= 15 is 0 Å². The molecule has 0 atom stereocenters. The predicted molar refractivity (Wildman–Crippen MR) is 65.3 cm³/mol. The molecule has 1 saturated carbocycles. The maximum absolute atomic E-state index is 12.0. The van der Waals surface area contributed by atoms with E-state index in [1.165, 1.54) is 6.26 Å². The predicted octanol–water partition coefficient (Wildman–Crippen LogP) is 3.00. The molecule has 1 fully saturated rings. The van der Waals surface area contributed by atoms with Crippen molar-refractivity contribution in [1.29, 1.82) is 5.26 Å². The van der Waals surface area contributed by atoms with Crippen LogP contribution < -0.4 is 5.32 Å². The number of nitrogens with one attached hydrogen (secondary N) is 1. The molecule has 1 aliphatic rings. The van der Waals surface area contributed by atoms with Gasteiger partial charge in [0.15, 0.2) is 4.67 Å². The summed E-state index contributed by atoms with van der Waals surface area (Å²) in [6, 6.07) is 3.84. The SMILES string of the molecule is N#CC1(NC(=O)c2ccoc2Br)CCCCC1. The van der Waals surface area contributed by atoms with Gasteiger partial charge in [0.1, 0.15) is 5.54 Å². The van der Waals surface area contributed by atoms with Crippen LogP contribution in [0.25, 0.3) is 0 Å². The third-order valence-corrected chi connectivity index (χ3v) is 3.75. The minimum absolute atomic E-state index is 0.255. The molecule has 0 spiro atoms. The summed E-state index contributed by atoms with van der Waals surface area (Å²) >= 11 is 3.16. The number of furan rings is 1. The largest absolute Gasteiger partial charge is 0.457 e. The first kappa shape index (κ1) is 12.2. The summed E-state index contributed by atoms with van der Waals surface area (Å²) in [4.78, 5) is 12.0. The summed E-state index contributed by atoms with van der Waals surface area (Å²) in [6.07, 6.45) is 6.00. The fourth-order valence-electron chi connectivity index (χ4n) is 2.16. The molecule has 0 aromatic carbocycles. The summed E-state index contributed by atoms with van der Waals surface area (Å²) in [7, 11) is 0. The number of amides is 1. The molecule has 0 saturated heterocycles. The van der Waals surface area contributed by atoms with Gasteiger partial charge >= 0.3 is 0 Å². The molecule has 0 bridgehead atoms. The van der Waals surface area contributed by atoms with Crippen LogP contribution in [0.3, 0.4) is 0 Å². The van der Waals surface area contributed by atoms with Crippen molar-refractivity contribution in [1.82, 2.24) is 5.32 Å². The Morgan fingerprint density at radius 1 is 1.47 bits per heavy atom. The first-order valence-corrected chi connectivity index (χ1v) is 6.43. The molecule has 1 amide bonds. The number of carbonyl (C=O) groups excluding carboxylic acids is 1. The lowest BCUT2D eigenvalue weighted by molar-refractivity contribution is 0.0901. The second-order valence-electron chi connectivity index (χ2n) is 4.32. The monoisotopic (exact) mass is 296 g/mol. The molecule has 0 unspecified atom stereocenters. The lowest BCUT2D eigenvalue weighted by Gasteiger charge is -2.31. The Labute approximate surface area is 108 Å². The highest BCUT2D eigenvalue weighted by Crippen LogP contribution is 2.28. The second kappa shape index (κ2) is 4.92. The molecular weight excluding hydrogens is 284 g/mol. The third-order valence-electron chi connectivity index (χ3n) is 3.14. The van der Waals surface area contributed by atoms with Gasteiger partial charge in [0.2, 0.25) is 0 Å². The lowest BCUT2D eigenvalue weighted by Crippen LogP contribution is -2.48. The average molecular weight is 297 g/mol. The van der Waals surface area contributed by atoms with Crippen molar-refractivity contribution in [3.05, 3.63) is 22.6 Å². The molecule has 2 rings (SSSR count). The maximum atomic E-state index is 12.0. The molecule has 5 heteroatoms. The number of rotatable bonds is 2. The van der Waals surface area contributed by atoms with Crippen LogP contribution in [0.15, 0.2) is 21.4 Å². The van der Waals surface area contributed by atoms with E-state index in [9.17, 15) is 10.1 Å². The van der Waals surface area contributed by atoms with Crippen LogP contribution in [0.5, 0.6) is 0 Å². The zero-order valence-electron chi connectivity index (χ0n) is 9.33. The van der Waals surface area contributed by atoms with Gasteiger partial charge in [-0.15, -0.1) is 0 Å². The molecule has 1 heterocycles. The van der Waals surface area contributed by atoms with E-state index in [1.54, 1.807) is 6.07 Å². The van der Waals surface area contributed by atoms with Crippen molar-refractivity contribution < 1.29 is 9.21 Å². The van der Waals surface area contributed by atoms with Gasteiger partial charge in [0.25, 0.3) is 5.91 Å². The Bertz CT molecular complexity index is 455. The number of nitriles is 1. The van der Waals surface area contributed by atoms with E-state index in [4.69, 9.17) is 4.42 Å². The Morgan fingerprint density at radius 3 is 2.71 bits per heavy atom. The zero-order valence-corrected chi connectivity index (χ0v) is 10.9. The quantitative estimate of drug-likeness (QED) is 0.912. The van der Waals surface area contributed by atoms with Gasteiger partial charge in [0.05, 0.1) is 17.9 Å². The number of nitrogens with zero attached hydrogens (tertiary/aromatic N) is 1. The summed E-state index contributed by atoms with van der Waals surface area (Å²) in [5.74, 6) is -0.255. The Balaban J connectivity index is 2.12. The van der Waals surface area contributed by atoms with Crippen LogP contribution in [-0.2, 0) is 0 Å². The molecule has 0 aliphatic heterocycles. The number of carbonyl (C=O) groups is 1. The van der Waals surface area contributed by atoms with Crippen LogP contribution >= 0.6 is 15.9 Å². The van der Waals surface area contributed by atoms with Crippen molar-refractivity contribution in [2.45, 2.75) is 37.6 Å². The summed E-state index contributed by atoms with van der Waals surface area (Å²) in [6.45, 7) is 0. The van der Waals surface area contributed by atoms with Crippen LogP contribution in [-0.4, -0.2) is 11.4 Å². The minimum Gasteiger partial charge on any atom is -0.457 e. The number of hydrogen-bond acceptors (Lipinski definition) is 3. The van der Waals surface area contributed by atoms with Crippen molar-refractivity contribution in [2.75, 3.05) is 0 Å². The van der Waals surface area contributed by atoms with Crippen molar-refractivity contribution in [3.8, 4) is 6.07 Å². The highest BCUT2D eigenvalue weighted by Gasteiger charge is 2.34. The normalized spacial score (nSPS) is 18.4. The first-order valence-electron chi connectivity index (χ1n) is 5.64. The van der Waals surface area contributed by atoms with Gasteiger partial charge in [-0.3, -0.25) is 4.79 Å². The van der Waals surface area contributed by atoms with Gasteiger partial charge in [-0.1, -0.05) is 19.3 Å². The topological polar surface area (TPSA) is 66.0 Å². The van der Waals surface area contributed by atoms with Crippen molar-refractivity contribution in [2.24, 2.45) is 0 Å². The first-order chi connectivity index (χ1) is 8.17. The fraction of sp³-hybridized carbons (Fsp3) is 0.500. The molecule has 1 aliphatic carbocycles. The molecule has 1 aromatic rings. The third kappa shape index (κ3) is 2.52. The Kier molecular flexibility index (Phi) is 3.53. The summed E-state index contributed by atoms with van der Waals surface area (Å²) < 4.78 is 5.42. The van der Waals surface area contributed by atoms with E-state index < -0.39 is 5.54 Å². The van der Waals surface area contributed by atoms with Crippen LogP contribution in [0.1, 0.15) is 42.5 Å². The minimum atomic E-state index is -0.702. The maximum Gasteiger partial charge on any atom is 0.257 e. The van der Waals surface area contributed by atoms with E-state index in [0.29, 0.717) is 10.2 Å². The summed E-state index contributed by atoms with van der Waals surface area (Å²) in [5.41, 5.74) is -0.267. The molecule has 0 radical (unpaired) electrons. The van der Waals surface area contributed by atoms with Gasteiger partial charge in [-0.05, 0) is 34.8 Å². The van der Waals surface area contributed by atoms with Gasteiger partial charge in [-0.2, -0.15) is 5.26 Å². The van der Waals surface area contributed by atoms with E-state index in [-0.39, 0.29) is 5.91 Å². The number of halogens is 1. The molecule has 90 valence electrons. The van der Waals surface area contributed by atoms with E-state index in [1.807, 2.05) is 0 Å². The highest BCUT2D eigenvalue weighted by atomic mass is 79.9. The van der Waals surface area contributed by atoms with E-state index in [0.717, 1.165) is 32.1 Å². The average Bonchev–Trinajstić information content (AvgIpc) is 2.77. The number of hydrogen-bond donors (Lipinski definition) is 1. The Hall–Kier alpha value is -1.28. The molecule has 4 nitrogen and oxygen atoms in total. The van der Waals surface area contributed by atoms with Gasteiger partial charge < -0.3 is 9.73 Å². The van der Waals surface area contributed by atoms with Crippen molar-refractivity contribution >= 4 is 21.8 Å². The van der Waals surface area contributed by atoms with Gasteiger partial charge in [-0.25, -0.2) is 0 Å². The highest BCUT2D eigenvalue weighted by molar-refractivity contribution is 9.10. The zero-order chi connectivity index (χ0) is 12.3. The lowest BCUT2D eigenvalue weighted by atomic mass is 9.82. The molecular formula is C12H13BrN2O2. The van der Waals surface area contributed by atoms with Gasteiger partial charge in [0, 0.05) is 0 Å². The van der Waals surface area contributed by atoms with Crippen LogP contribution in [0, 0.1) is 11.3 Å². The van der Waals surface area contributed by atoms with Crippen LogP contribution in [0.2, 0.25) is 0 Å². The van der Waals surface area contributed by atoms with E-state index in [2.05, 4.69) is 27.3 Å². The smallest absolute Gasteiger partial charge is 0.257 e. The molecule has 1 aromatic heterocycles.